The Labute approximate surface area is 103 Å². The van der Waals surface area contributed by atoms with E-state index in [0.29, 0.717) is 15.6 Å². The van der Waals surface area contributed by atoms with Gasteiger partial charge in [-0.2, -0.15) is 0 Å². The molecule has 2 heteroatoms. The number of halogens is 1. The van der Waals surface area contributed by atoms with Crippen molar-refractivity contribution in [3.63, 3.8) is 0 Å². The first kappa shape index (κ1) is 14.9. The molecule has 0 nitrogen and oxygen atoms in total. The Bertz CT molecular complexity index is 269. The summed E-state index contributed by atoms with van der Waals surface area (Å²) in [5, 5.41) is 0. The van der Waals surface area contributed by atoms with Crippen molar-refractivity contribution in [3.05, 3.63) is 30.3 Å². The normalized spacial score (nSPS) is 13.1. The molecule has 15 heavy (non-hydrogen) atoms. The highest BCUT2D eigenvalue weighted by molar-refractivity contribution is 7.97. The molecule has 0 radical (unpaired) electrons. The highest BCUT2D eigenvalue weighted by atomic mass is 35.5. The van der Waals surface area contributed by atoms with E-state index < -0.39 is 0 Å². The summed E-state index contributed by atoms with van der Waals surface area (Å²) in [4.78, 5) is 1.49. The summed E-state index contributed by atoms with van der Waals surface area (Å²) in [5.74, 6) is 0. The summed E-state index contributed by atoms with van der Waals surface area (Å²) in [5.41, 5.74) is 0. The number of hydrogen-bond donors (Lipinski definition) is 0. The summed E-state index contributed by atoms with van der Waals surface area (Å²) in [6.45, 7) is 7.03. The number of rotatable bonds is 4. The highest BCUT2D eigenvalue weighted by Gasteiger charge is 2.35. The first-order valence-electron chi connectivity index (χ1n) is 5.29. The molecule has 0 N–H and O–H groups in total. The Morgan fingerprint density at radius 1 is 1.13 bits per heavy atom. The van der Waals surface area contributed by atoms with Crippen LogP contribution in [-0.4, -0.2) is 11.0 Å². The molecule has 0 saturated carbocycles. The quantitative estimate of drug-likeness (QED) is 0.690. The van der Waals surface area contributed by atoms with Crippen LogP contribution in [0.3, 0.4) is 0 Å². The smallest absolute Gasteiger partial charge is 0.155 e. The molecule has 86 valence electrons. The van der Waals surface area contributed by atoms with Crippen LogP contribution in [0.25, 0.3) is 0 Å². The summed E-state index contributed by atoms with van der Waals surface area (Å²) in [7, 11) is 0.356. The van der Waals surface area contributed by atoms with Crippen molar-refractivity contribution in [2.24, 2.45) is 0 Å². The van der Waals surface area contributed by atoms with Gasteiger partial charge in [-0.1, -0.05) is 31.5 Å². The summed E-state index contributed by atoms with van der Waals surface area (Å²) in [6.07, 6.45) is 4.95. The molecule has 0 spiro atoms. The molecular weight excluding hydrogens is 224 g/mol. The van der Waals surface area contributed by atoms with E-state index in [4.69, 9.17) is 0 Å². The van der Waals surface area contributed by atoms with Gasteiger partial charge in [0.15, 0.2) is 4.90 Å². The molecule has 0 aromatic heterocycles. The van der Waals surface area contributed by atoms with Crippen molar-refractivity contribution >= 4 is 10.9 Å². The molecule has 0 fully saturated rings. The lowest BCUT2D eigenvalue weighted by Gasteiger charge is -2.22. The van der Waals surface area contributed by atoms with Gasteiger partial charge in [0.1, 0.15) is 11.0 Å². The zero-order valence-electron chi connectivity index (χ0n) is 10.1. The zero-order chi connectivity index (χ0) is 10.6. The first-order chi connectivity index (χ1) is 6.58. The molecule has 0 amide bonds. The van der Waals surface area contributed by atoms with Gasteiger partial charge in [0.25, 0.3) is 0 Å². The van der Waals surface area contributed by atoms with Crippen molar-refractivity contribution < 1.29 is 12.4 Å². The molecule has 1 rings (SSSR count). The number of hydrogen-bond acceptors (Lipinski definition) is 0. The molecule has 1 aromatic rings. The monoisotopic (exact) mass is 244 g/mol. The Hall–Kier alpha value is -0.140. The van der Waals surface area contributed by atoms with Crippen molar-refractivity contribution in [1.82, 2.24) is 0 Å². The topological polar surface area (TPSA) is 0 Å². The fourth-order valence-corrected chi connectivity index (χ4v) is 3.41. The minimum Gasteiger partial charge on any atom is -1.00 e. The molecule has 0 saturated heterocycles. The minimum absolute atomic E-state index is 0. The van der Waals surface area contributed by atoms with Gasteiger partial charge in [-0.15, -0.1) is 0 Å². The van der Waals surface area contributed by atoms with Gasteiger partial charge in [0.2, 0.25) is 0 Å². The van der Waals surface area contributed by atoms with Gasteiger partial charge in [-0.05, 0) is 32.4 Å². The second-order valence-electron chi connectivity index (χ2n) is 4.33. The Balaban J connectivity index is 0.00000196. The molecule has 1 unspecified atom stereocenters. The zero-order valence-corrected chi connectivity index (χ0v) is 11.7. The van der Waals surface area contributed by atoms with Crippen LogP contribution in [0.4, 0.5) is 0 Å². The molecule has 0 bridgehead atoms. The Morgan fingerprint density at radius 3 is 2.13 bits per heavy atom. The van der Waals surface area contributed by atoms with Crippen LogP contribution >= 0.6 is 0 Å². The van der Waals surface area contributed by atoms with Gasteiger partial charge in [-0.3, -0.25) is 0 Å². The Kier molecular flexibility index (Phi) is 6.38. The summed E-state index contributed by atoms with van der Waals surface area (Å²) >= 11 is 0. The second-order valence-corrected chi connectivity index (χ2v) is 6.93. The van der Waals surface area contributed by atoms with Crippen LogP contribution in [0.5, 0.6) is 0 Å². The van der Waals surface area contributed by atoms with Gasteiger partial charge in [-0.25, -0.2) is 0 Å². The molecule has 1 atom stereocenters. The third kappa shape index (κ3) is 4.08. The van der Waals surface area contributed by atoms with Crippen molar-refractivity contribution in [2.75, 3.05) is 6.26 Å². The van der Waals surface area contributed by atoms with Gasteiger partial charge in [0.05, 0.1) is 0 Å². The molecule has 0 heterocycles. The fraction of sp³-hybridized carbons (Fsp3) is 0.538. The van der Waals surface area contributed by atoms with E-state index in [9.17, 15) is 0 Å². The molecule has 0 aliphatic rings. The average molecular weight is 245 g/mol. The predicted octanol–water partition coefficient (Wildman–Crippen LogP) is 0.876. The molecule has 1 aromatic carbocycles. The third-order valence-electron chi connectivity index (χ3n) is 2.78. The standard InChI is InChI=1S/C13H21S.ClH/c1-5-11-13(2,3)14(4)12-9-7-6-8-10-12;/h6-10H,5,11H2,1-4H3;1H/q+1;/p-1. The minimum atomic E-state index is 0. The van der Waals surface area contributed by atoms with Crippen LogP contribution in [0.15, 0.2) is 35.2 Å². The van der Waals surface area contributed by atoms with E-state index >= 15 is 0 Å². The van der Waals surface area contributed by atoms with Gasteiger partial charge >= 0.3 is 0 Å². The predicted molar refractivity (Wildman–Crippen MR) is 67.0 cm³/mol. The summed E-state index contributed by atoms with van der Waals surface area (Å²) < 4.78 is 0.441. The molecule has 0 aliphatic carbocycles. The lowest BCUT2D eigenvalue weighted by molar-refractivity contribution is -0.00000327. The van der Waals surface area contributed by atoms with Gasteiger partial charge in [0, 0.05) is 10.9 Å². The summed E-state index contributed by atoms with van der Waals surface area (Å²) in [6, 6.07) is 10.9. The van der Waals surface area contributed by atoms with Crippen LogP contribution < -0.4 is 12.4 Å². The van der Waals surface area contributed by atoms with E-state index in [1.54, 1.807) is 0 Å². The van der Waals surface area contributed by atoms with E-state index in [2.05, 4.69) is 57.4 Å². The lowest BCUT2D eigenvalue weighted by atomic mass is 10.1. The third-order valence-corrected chi connectivity index (χ3v) is 5.62. The van der Waals surface area contributed by atoms with E-state index in [1.807, 2.05) is 0 Å². The van der Waals surface area contributed by atoms with E-state index in [-0.39, 0.29) is 12.4 Å². The molecule has 0 aliphatic heterocycles. The largest absolute Gasteiger partial charge is 1.00 e. The molecular formula is C13H21ClS. The average Bonchev–Trinajstić information content (AvgIpc) is 2.18. The maximum atomic E-state index is 2.38. The van der Waals surface area contributed by atoms with E-state index in [0.717, 1.165) is 0 Å². The maximum Gasteiger partial charge on any atom is 0.155 e. The van der Waals surface area contributed by atoms with Crippen molar-refractivity contribution in [3.8, 4) is 0 Å². The van der Waals surface area contributed by atoms with Crippen LogP contribution in [0.1, 0.15) is 33.6 Å². The van der Waals surface area contributed by atoms with Crippen molar-refractivity contribution in [1.29, 1.82) is 0 Å². The van der Waals surface area contributed by atoms with Crippen LogP contribution in [-0.2, 0) is 10.9 Å². The Morgan fingerprint density at radius 2 is 1.67 bits per heavy atom. The number of benzene rings is 1. The SMILES string of the molecule is CCCC(C)(C)[S+](C)c1ccccc1.[Cl-]. The lowest BCUT2D eigenvalue weighted by Crippen LogP contribution is -3.00. The highest BCUT2D eigenvalue weighted by Crippen LogP contribution is 2.29. The maximum absolute atomic E-state index is 2.38. The van der Waals surface area contributed by atoms with Crippen LogP contribution in [0.2, 0.25) is 0 Å². The van der Waals surface area contributed by atoms with Crippen molar-refractivity contribution in [2.45, 2.75) is 43.3 Å². The van der Waals surface area contributed by atoms with E-state index in [1.165, 1.54) is 17.7 Å². The second kappa shape index (κ2) is 6.44. The van der Waals surface area contributed by atoms with Gasteiger partial charge < -0.3 is 12.4 Å². The van der Waals surface area contributed by atoms with Crippen LogP contribution in [0, 0.1) is 0 Å². The fourth-order valence-electron chi connectivity index (χ4n) is 1.70. The first-order valence-corrected chi connectivity index (χ1v) is 6.92.